The molecule has 1 aromatic carbocycles. The first-order valence-electron chi connectivity index (χ1n) is 4.75. The summed E-state index contributed by atoms with van der Waals surface area (Å²) in [5.74, 6) is 0. The van der Waals surface area contributed by atoms with Gasteiger partial charge in [0.05, 0.1) is 5.52 Å². The molecule has 0 spiro atoms. The summed E-state index contributed by atoms with van der Waals surface area (Å²) in [4.78, 5) is 0. The molecule has 2 aromatic rings. The highest BCUT2D eigenvalue weighted by Gasteiger charge is 2.07. The zero-order chi connectivity index (χ0) is 10.1. The molecule has 0 aliphatic rings. The lowest BCUT2D eigenvalue weighted by Gasteiger charge is -1.98. The fourth-order valence-electron chi connectivity index (χ4n) is 1.77. The number of hydrogen-bond acceptors (Lipinski definition) is 2. The predicted molar refractivity (Wildman–Crippen MR) is 56.2 cm³/mol. The normalized spacial score (nSPS) is 11.1. The van der Waals surface area contributed by atoms with Gasteiger partial charge in [0.1, 0.15) is 0 Å². The van der Waals surface area contributed by atoms with E-state index in [1.807, 2.05) is 11.7 Å². The second-order valence-electron chi connectivity index (χ2n) is 3.56. The molecule has 0 saturated heterocycles. The quantitative estimate of drug-likeness (QED) is 0.777. The first kappa shape index (κ1) is 9.21. The van der Waals surface area contributed by atoms with Crippen LogP contribution in [0.4, 0.5) is 0 Å². The number of fused-ring (bicyclic) bond motifs is 1. The summed E-state index contributed by atoms with van der Waals surface area (Å²) < 4.78 is 1.85. The van der Waals surface area contributed by atoms with Crippen LogP contribution < -0.4 is 0 Å². The molecule has 0 aliphatic heterocycles. The van der Waals surface area contributed by atoms with Gasteiger partial charge in [0.2, 0.25) is 0 Å². The van der Waals surface area contributed by atoms with Gasteiger partial charge in [-0.25, -0.2) is 0 Å². The zero-order valence-corrected chi connectivity index (χ0v) is 8.49. The predicted octanol–water partition coefficient (Wildman–Crippen LogP) is 1.42. The molecule has 3 heteroatoms. The fraction of sp³-hybridized carbons (Fsp3) is 0.364. The lowest BCUT2D eigenvalue weighted by atomic mass is 10.1. The standard InChI is InChI=1S/C11H14N2O/c1-8-3-4-9-10(7-8)12-13(2)11(9)5-6-14/h3-4,7,14H,5-6H2,1-2H3. The molecule has 0 unspecified atom stereocenters. The fourth-order valence-corrected chi connectivity index (χ4v) is 1.77. The van der Waals surface area contributed by atoms with E-state index in [0.717, 1.165) is 16.6 Å². The Morgan fingerprint density at radius 3 is 2.93 bits per heavy atom. The maximum atomic E-state index is 8.94. The molecule has 2 rings (SSSR count). The molecule has 0 aliphatic carbocycles. The SMILES string of the molecule is Cc1ccc2c(CCO)n(C)nc2c1. The van der Waals surface area contributed by atoms with Crippen molar-refractivity contribution in [2.45, 2.75) is 13.3 Å². The number of aliphatic hydroxyl groups is 1. The van der Waals surface area contributed by atoms with E-state index in [1.54, 1.807) is 0 Å². The average Bonchev–Trinajstić information content (AvgIpc) is 2.43. The number of benzene rings is 1. The van der Waals surface area contributed by atoms with Crippen LogP contribution in [0.3, 0.4) is 0 Å². The second-order valence-corrected chi connectivity index (χ2v) is 3.56. The third-order valence-electron chi connectivity index (χ3n) is 2.46. The zero-order valence-electron chi connectivity index (χ0n) is 8.49. The van der Waals surface area contributed by atoms with Gasteiger partial charge in [-0.05, 0) is 18.6 Å². The first-order chi connectivity index (χ1) is 6.72. The number of aromatic nitrogens is 2. The monoisotopic (exact) mass is 190 g/mol. The highest BCUT2D eigenvalue weighted by atomic mass is 16.3. The summed E-state index contributed by atoms with van der Waals surface area (Å²) in [6.45, 7) is 2.22. The van der Waals surface area contributed by atoms with Gasteiger partial charge in [0, 0.05) is 31.2 Å². The van der Waals surface area contributed by atoms with Gasteiger partial charge >= 0.3 is 0 Å². The topological polar surface area (TPSA) is 38.0 Å². The van der Waals surface area contributed by atoms with E-state index in [-0.39, 0.29) is 6.61 Å². The average molecular weight is 190 g/mol. The molecule has 0 atom stereocenters. The first-order valence-corrected chi connectivity index (χ1v) is 4.75. The molecular weight excluding hydrogens is 176 g/mol. The molecule has 0 radical (unpaired) electrons. The minimum atomic E-state index is 0.169. The van der Waals surface area contributed by atoms with E-state index in [2.05, 4.69) is 30.2 Å². The van der Waals surface area contributed by atoms with E-state index < -0.39 is 0 Å². The summed E-state index contributed by atoms with van der Waals surface area (Å²) in [7, 11) is 1.92. The van der Waals surface area contributed by atoms with E-state index >= 15 is 0 Å². The van der Waals surface area contributed by atoms with Gasteiger partial charge in [-0.15, -0.1) is 0 Å². The third-order valence-corrected chi connectivity index (χ3v) is 2.46. The summed E-state index contributed by atoms with van der Waals surface area (Å²) in [6.07, 6.45) is 0.663. The smallest absolute Gasteiger partial charge is 0.0928 e. The van der Waals surface area contributed by atoms with Crippen molar-refractivity contribution in [1.29, 1.82) is 0 Å². The molecule has 14 heavy (non-hydrogen) atoms. The van der Waals surface area contributed by atoms with Crippen LogP contribution in [-0.2, 0) is 13.5 Å². The van der Waals surface area contributed by atoms with Crippen molar-refractivity contribution in [1.82, 2.24) is 9.78 Å². The van der Waals surface area contributed by atoms with Gasteiger partial charge in [-0.2, -0.15) is 5.10 Å². The number of aryl methyl sites for hydroxylation is 2. The van der Waals surface area contributed by atoms with E-state index in [0.29, 0.717) is 6.42 Å². The third kappa shape index (κ3) is 1.40. The highest BCUT2D eigenvalue weighted by molar-refractivity contribution is 5.82. The lowest BCUT2D eigenvalue weighted by molar-refractivity contribution is 0.296. The van der Waals surface area contributed by atoms with Crippen LogP contribution in [0.1, 0.15) is 11.3 Å². The lowest BCUT2D eigenvalue weighted by Crippen LogP contribution is -2.00. The van der Waals surface area contributed by atoms with E-state index in [1.165, 1.54) is 5.56 Å². The van der Waals surface area contributed by atoms with Crippen LogP contribution in [0, 0.1) is 6.92 Å². The minimum absolute atomic E-state index is 0.169. The Morgan fingerprint density at radius 1 is 1.43 bits per heavy atom. The van der Waals surface area contributed by atoms with Gasteiger partial charge in [0.15, 0.2) is 0 Å². The molecule has 0 saturated carbocycles. The van der Waals surface area contributed by atoms with Crippen LogP contribution in [0.15, 0.2) is 18.2 Å². The maximum Gasteiger partial charge on any atom is 0.0928 e. The number of nitrogens with zero attached hydrogens (tertiary/aromatic N) is 2. The van der Waals surface area contributed by atoms with Crippen LogP contribution in [0.2, 0.25) is 0 Å². The van der Waals surface area contributed by atoms with Crippen molar-refractivity contribution in [3.05, 3.63) is 29.5 Å². The summed E-state index contributed by atoms with van der Waals surface area (Å²) in [6, 6.07) is 6.21. The Balaban J connectivity index is 2.64. The van der Waals surface area contributed by atoms with Gasteiger partial charge in [0.25, 0.3) is 0 Å². The van der Waals surface area contributed by atoms with Gasteiger partial charge < -0.3 is 5.11 Å². The van der Waals surface area contributed by atoms with Crippen molar-refractivity contribution in [3.63, 3.8) is 0 Å². The van der Waals surface area contributed by atoms with Crippen molar-refractivity contribution in [2.24, 2.45) is 7.05 Å². The van der Waals surface area contributed by atoms with Crippen LogP contribution in [0.25, 0.3) is 10.9 Å². The van der Waals surface area contributed by atoms with Crippen molar-refractivity contribution in [3.8, 4) is 0 Å². The number of hydrogen-bond donors (Lipinski definition) is 1. The summed E-state index contributed by atoms with van der Waals surface area (Å²) in [5, 5.41) is 14.5. The van der Waals surface area contributed by atoms with Crippen LogP contribution in [-0.4, -0.2) is 21.5 Å². The van der Waals surface area contributed by atoms with Crippen molar-refractivity contribution < 1.29 is 5.11 Å². The van der Waals surface area contributed by atoms with Crippen molar-refractivity contribution >= 4 is 10.9 Å². The second kappa shape index (κ2) is 3.42. The number of rotatable bonds is 2. The Hall–Kier alpha value is -1.35. The molecule has 0 bridgehead atoms. The van der Waals surface area contributed by atoms with Crippen molar-refractivity contribution in [2.75, 3.05) is 6.61 Å². The Morgan fingerprint density at radius 2 is 2.21 bits per heavy atom. The molecule has 0 fully saturated rings. The van der Waals surface area contributed by atoms with Gasteiger partial charge in [-0.3, -0.25) is 4.68 Å². The molecular formula is C11H14N2O. The Kier molecular flexibility index (Phi) is 2.25. The molecule has 3 nitrogen and oxygen atoms in total. The van der Waals surface area contributed by atoms with Gasteiger partial charge in [-0.1, -0.05) is 12.1 Å². The minimum Gasteiger partial charge on any atom is -0.396 e. The number of aliphatic hydroxyl groups excluding tert-OH is 1. The molecule has 74 valence electrons. The summed E-state index contributed by atoms with van der Waals surface area (Å²) >= 11 is 0. The van der Waals surface area contributed by atoms with Crippen LogP contribution >= 0.6 is 0 Å². The molecule has 1 aromatic heterocycles. The van der Waals surface area contributed by atoms with E-state index in [9.17, 15) is 0 Å². The van der Waals surface area contributed by atoms with Crippen LogP contribution in [0.5, 0.6) is 0 Å². The summed E-state index contributed by atoms with van der Waals surface area (Å²) in [5.41, 5.74) is 3.32. The molecule has 1 N–H and O–H groups in total. The van der Waals surface area contributed by atoms with E-state index in [4.69, 9.17) is 5.11 Å². The molecule has 0 amide bonds. The largest absolute Gasteiger partial charge is 0.396 e. The highest BCUT2D eigenvalue weighted by Crippen LogP contribution is 2.19. The Bertz CT molecular complexity index is 460. The maximum absolute atomic E-state index is 8.94. The molecule has 1 heterocycles. The Labute approximate surface area is 83.0 Å².